The van der Waals surface area contributed by atoms with Crippen LogP contribution in [0.2, 0.25) is 0 Å². The molecule has 16 heavy (non-hydrogen) atoms. The van der Waals surface area contributed by atoms with Gasteiger partial charge in [0.05, 0.1) is 17.7 Å². The Hall–Kier alpha value is -0.900. The number of Topliss-reactive ketones (excluding diaryl/α,β-unsaturated/α-hetero) is 1. The maximum absolute atomic E-state index is 11.4. The molecule has 0 aromatic heterocycles. The van der Waals surface area contributed by atoms with Gasteiger partial charge in [0.25, 0.3) is 0 Å². The van der Waals surface area contributed by atoms with Crippen molar-refractivity contribution in [3.63, 3.8) is 0 Å². The first-order chi connectivity index (χ1) is 7.20. The lowest BCUT2D eigenvalue weighted by Crippen LogP contribution is -2.38. The van der Waals surface area contributed by atoms with E-state index in [-0.39, 0.29) is 29.4 Å². The topological polar surface area (TPSA) is 46.6 Å². The lowest BCUT2D eigenvalue weighted by molar-refractivity contribution is -0.135. The van der Waals surface area contributed by atoms with Gasteiger partial charge in [-0.05, 0) is 27.7 Å². The summed E-state index contributed by atoms with van der Waals surface area (Å²) in [6.07, 6.45) is 0.587. The molecule has 0 aromatic carbocycles. The zero-order chi connectivity index (χ0) is 12.5. The molecule has 1 heterocycles. The van der Waals surface area contributed by atoms with Crippen molar-refractivity contribution in [2.45, 2.75) is 58.8 Å². The monoisotopic (exact) mass is 227 g/mol. The van der Waals surface area contributed by atoms with E-state index >= 15 is 0 Å². The van der Waals surface area contributed by atoms with Crippen LogP contribution in [0, 0.1) is 0 Å². The molecule has 4 nitrogen and oxygen atoms in total. The number of amides is 1. The van der Waals surface area contributed by atoms with Crippen molar-refractivity contribution >= 4 is 11.7 Å². The predicted octanol–water partition coefficient (Wildman–Crippen LogP) is 1.38. The van der Waals surface area contributed by atoms with Crippen molar-refractivity contribution in [3.05, 3.63) is 0 Å². The summed E-state index contributed by atoms with van der Waals surface area (Å²) in [5, 5.41) is 0. The Morgan fingerprint density at radius 3 is 2.12 bits per heavy atom. The van der Waals surface area contributed by atoms with Crippen molar-refractivity contribution in [1.82, 2.24) is 4.90 Å². The van der Waals surface area contributed by atoms with Gasteiger partial charge in [0.1, 0.15) is 0 Å². The number of ketones is 1. The molecule has 92 valence electrons. The third-order valence-electron chi connectivity index (χ3n) is 2.66. The number of ether oxygens (including phenoxy) is 1. The van der Waals surface area contributed by atoms with Crippen LogP contribution in [0.25, 0.3) is 0 Å². The van der Waals surface area contributed by atoms with Crippen LogP contribution in [0.3, 0.4) is 0 Å². The van der Waals surface area contributed by atoms with Crippen LogP contribution in [0.1, 0.15) is 41.0 Å². The number of rotatable bonds is 2. The highest BCUT2D eigenvalue weighted by atomic mass is 16.5. The van der Waals surface area contributed by atoms with Gasteiger partial charge in [-0.2, -0.15) is 0 Å². The molecule has 0 N–H and O–H groups in total. The van der Waals surface area contributed by atoms with Gasteiger partial charge in [0.2, 0.25) is 5.91 Å². The Balaban J connectivity index is 2.69. The summed E-state index contributed by atoms with van der Waals surface area (Å²) in [6.45, 7) is 9.48. The molecule has 0 unspecified atom stereocenters. The summed E-state index contributed by atoms with van der Waals surface area (Å²) < 4.78 is 5.81. The molecular formula is C12H21NO3. The van der Waals surface area contributed by atoms with E-state index in [0.29, 0.717) is 13.0 Å². The second-order valence-corrected chi connectivity index (χ2v) is 5.39. The highest BCUT2D eigenvalue weighted by molar-refractivity contribution is 5.87. The lowest BCUT2D eigenvalue weighted by Gasteiger charge is -2.24. The average Bonchev–Trinajstić information content (AvgIpc) is 2.44. The fourth-order valence-electron chi connectivity index (χ4n) is 2.12. The van der Waals surface area contributed by atoms with E-state index in [9.17, 15) is 9.59 Å². The van der Waals surface area contributed by atoms with E-state index in [1.165, 1.54) is 13.8 Å². The Bertz CT molecular complexity index is 271. The average molecular weight is 227 g/mol. The molecule has 2 atom stereocenters. The van der Waals surface area contributed by atoms with E-state index in [4.69, 9.17) is 4.74 Å². The molecule has 1 aliphatic heterocycles. The Morgan fingerprint density at radius 2 is 1.81 bits per heavy atom. The zero-order valence-corrected chi connectivity index (χ0v) is 10.7. The predicted molar refractivity (Wildman–Crippen MR) is 61.1 cm³/mol. The van der Waals surface area contributed by atoms with Crippen molar-refractivity contribution in [2.75, 3.05) is 6.54 Å². The number of carbonyl (C=O) groups excluding carboxylic acids is 2. The quantitative estimate of drug-likeness (QED) is 0.716. The number of hydrogen-bond acceptors (Lipinski definition) is 3. The molecule has 0 radical (unpaired) electrons. The third-order valence-corrected chi connectivity index (χ3v) is 2.66. The van der Waals surface area contributed by atoms with Crippen molar-refractivity contribution in [1.29, 1.82) is 0 Å². The summed E-state index contributed by atoms with van der Waals surface area (Å²) in [5.41, 5.74) is -0.237. The largest absolute Gasteiger partial charge is 0.371 e. The van der Waals surface area contributed by atoms with Gasteiger partial charge in [0.15, 0.2) is 5.78 Å². The van der Waals surface area contributed by atoms with Crippen molar-refractivity contribution in [3.8, 4) is 0 Å². The van der Waals surface area contributed by atoms with Gasteiger partial charge >= 0.3 is 0 Å². The third kappa shape index (κ3) is 3.30. The molecule has 0 bridgehead atoms. The van der Waals surface area contributed by atoms with Crippen LogP contribution >= 0.6 is 0 Å². The molecule has 4 heteroatoms. The van der Waals surface area contributed by atoms with Crippen LogP contribution < -0.4 is 0 Å². The minimum absolute atomic E-state index is 0.0298. The fourth-order valence-corrected chi connectivity index (χ4v) is 2.12. The Morgan fingerprint density at radius 1 is 1.25 bits per heavy atom. The molecule has 1 saturated heterocycles. The highest BCUT2D eigenvalue weighted by Crippen LogP contribution is 2.24. The highest BCUT2D eigenvalue weighted by Gasteiger charge is 2.38. The molecule has 0 saturated carbocycles. The molecular weight excluding hydrogens is 206 g/mol. The maximum atomic E-state index is 11.4. The summed E-state index contributed by atoms with van der Waals surface area (Å²) in [5.74, 6) is -0.0181. The summed E-state index contributed by atoms with van der Waals surface area (Å²) >= 11 is 0. The maximum Gasteiger partial charge on any atom is 0.220 e. The molecule has 1 rings (SSSR count). The first-order valence-electron chi connectivity index (χ1n) is 5.66. The standard InChI is InChI=1S/C12H21NO3/c1-8(14)11-6-10(16-12(3,4)5)7-13(11)9(2)15/h10-11H,6-7H2,1-5H3/t10-,11+/m1/s1. The second-order valence-electron chi connectivity index (χ2n) is 5.39. The molecule has 1 aliphatic rings. The molecule has 1 fully saturated rings. The van der Waals surface area contributed by atoms with Gasteiger partial charge in [-0.15, -0.1) is 0 Å². The fraction of sp³-hybridized carbons (Fsp3) is 0.833. The summed E-state index contributed by atoms with van der Waals surface area (Å²) in [7, 11) is 0. The van der Waals surface area contributed by atoms with E-state index in [1.807, 2.05) is 20.8 Å². The second kappa shape index (κ2) is 4.53. The van der Waals surface area contributed by atoms with Crippen LogP contribution in [-0.4, -0.2) is 40.9 Å². The minimum Gasteiger partial charge on any atom is -0.371 e. The molecule has 0 aromatic rings. The summed E-state index contributed by atoms with van der Waals surface area (Å²) in [4.78, 5) is 24.4. The number of nitrogens with zero attached hydrogens (tertiary/aromatic N) is 1. The van der Waals surface area contributed by atoms with Gasteiger partial charge in [-0.3, -0.25) is 9.59 Å². The van der Waals surface area contributed by atoms with E-state index in [0.717, 1.165) is 0 Å². The van der Waals surface area contributed by atoms with E-state index in [1.54, 1.807) is 4.90 Å². The van der Waals surface area contributed by atoms with Gasteiger partial charge in [-0.1, -0.05) is 0 Å². The van der Waals surface area contributed by atoms with Crippen LogP contribution in [0.15, 0.2) is 0 Å². The number of carbonyl (C=O) groups is 2. The van der Waals surface area contributed by atoms with Gasteiger partial charge in [-0.25, -0.2) is 0 Å². The SMILES string of the molecule is CC(=O)[C@@H]1C[C@@H](OC(C)(C)C)CN1C(C)=O. The molecule has 0 aliphatic carbocycles. The van der Waals surface area contributed by atoms with Crippen LogP contribution in [0.4, 0.5) is 0 Å². The van der Waals surface area contributed by atoms with Crippen molar-refractivity contribution < 1.29 is 14.3 Å². The van der Waals surface area contributed by atoms with Crippen LogP contribution in [0.5, 0.6) is 0 Å². The number of hydrogen-bond donors (Lipinski definition) is 0. The number of likely N-dealkylation sites (tertiary alicyclic amines) is 1. The van der Waals surface area contributed by atoms with Crippen LogP contribution in [-0.2, 0) is 14.3 Å². The molecule has 0 spiro atoms. The molecule has 1 amide bonds. The zero-order valence-electron chi connectivity index (χ0n) is 10.7. The smallest absolute Gasteiger partial charge is 0.220 e. The van der Waals surface area contributed by atoms with Crippen molar-refractivity contribution in [2.24, 2.45) is 0 Å². The Labute approximate surface area is 96.9 Å². The minimum atomic E-state index is -0.301. The summed E-state index contributed by atoms with van der Waals surface area (Å²) in [6, 6.07) is -0.301. The van der Waals surface area contributed by atoms with Gasteiger partial charge < -0.3 is 9.64 Å². The first kappa shape index (κ1) is 13.2. The normalized spacial score (nSPS) is 25.9. The van der Waals surface area contributed by atoms with E-state index < -0.39 is 0 Å². The van der Waals surface area contributed by atoms with Gasteiger partial charge in [0, 0.05) is 19.9 Å². The first-order valence-corrected chi connectivity index (χ1v) is 5.66. The Kier molecular flexibility index (Phi) is 3.73. The lowest BCUT2D eigenvalue weighted by atomic mass is 10.1. The van der Waals surface area contributed by atoms with E-state index in [2.05, 4.69) is 0 Å².